The highest BCUT2D eigenvalue weighted by molar-refractivity contribution is 5.80. The Kier molecular flexibility index (Phi) is 5.47. The average Bonchev–Trinajstić information content (AvgIpc) is 2.73. The van der Waals surface area contributed by atoms with Gasteiger partial charge in [0, 0.05) is 19.6 Å². The maximum atomic E-state index is 13.2. The van der Waals surface area contributed by atoms with E-state index in [0.29, 0.717) is 18.5 Å². The summed E-state index contributed by atoms with van der Waals surface area (Å²) in [6.07, 6.45) is 1.75. The number of aromatic nitrogens is 4. The topological polar surface area (TPSA) is 144 Å². The fourth-order valence-corrected chi connectivity index (χ4v) is 3.92. The smallest absolute Gasteiger partial charge is 0.329 e. The largest absolute Gasteiger partial charge is 0.396 e. The third-order valence-electron chi connectivity index (χ3n) is 5.43. The van der Waals surface area contributed by atoms with Crippen molar-refractivity contribution >= 4 is 17.3 Å². The van der Waals surface area contributed by atoms with E-state index in [-0.39, 0.29) is 42.3 Å². The van der Waals surface area contributed by atoms with Crippen molar-refractivity contribution in [1.82, 2.24) is 19.5 Å². The van der Waals surface area contributed by atoms with E-state index >= 15 is 0 Å². The van der Waals surface area contributed by atoms with Gasteiger partial charge in [0.25, 0.3) is 11.1 Å². The molecule has 0 radical (unpaired) electrons. The summed E-state index contributed by atoms with van der Waals surface area (Å²) in [5, 5.41) is 9.49. The molecule has 0 saturated carbocycles. The summed E-state index contributed by atoms with van der Waals surface area (Å²) in [6, 6.07) is 7.10. The first-order chi connectivity index (χ1) is 15.0. The first kappa shape index (κ1) is 20.6. The monoisotopic (exact) mass is 425 g/mol. The number of benzene rings is 1. The van der Waals surface area contributed by atoms with Crippen molar-refractivity contribution in [2.45, 2.75) is 39.2 Å². The van der Waals surface area contributed by atoms with E-state index in [1.54, 1.807) is 24.3 Å². The third kappa shape index (κ3) is 3.55. The highest BCUT2D eigenvalue weighted by atomic mass is 16.3. The molecule has 0 atom stereocenters. The summed E-state index contributed by atoms with van der Waals surface area (Å²) in [5.41, 5.74) is -0.570. The first-order valence-electron chi connectivity index (χ1n) is 10.2. The van der Waals surface area contributed by atoms with Gasteiger partial charge in [0.1, 0.15) is 11.6 Å². The van der Waals surface area contributed by atoms with Crippen molar-refractivity contribution in [3.05, 3.63) is 82.6 Å². The molecule has 0 saturated heterocycles. The molecule has 1 aliphatic heterocycles. The lowest BCUT2D eigenvalue weighted by molar-refractivity contribution is 0.300. The predicted molar refractivity (Wildman–Crippen MR) is 116 cm³/mol. The second-order valence-corrected chi connectivity index (χ2v) is 7.42. The number of H-pyrrole nitrogens is 3. The standard InChI is InChI=1S/C21H23N5O5/c1-2-3-9-25-19(29)14-11-13-16(22-20(30)24-18(13)28)26(17(14)23-21(25)31)15-7-5-4-6-12(15)8-10-27/h4-7,27H,2-3,8-11H2,1H3,(H,23,31)(H2,22,24,28,30). The van der Waals surface area contributed by atoms with E-state index < -0.39 is 22.5 Å². The van der Waals surface area contributed by atoms with Gasteiger partial charge in [0.05, 0.1) is 16.8 Å². The summed E-state index contributed by atoms with van der Waals surface area (Å²) >= 11 is 0. The fourth-order valence-electron chi connectivity index (χ4n) is 3.92. The molecule has 31 heavy (non-hydrogen) atoms. The Morgan fingerprint density at radius 1 is 1.00 bits per heavy atom. The number of nitrogens with zero attached hydrogens (tertiary/aromatic N) is 2. The van der Waals surface area contributed by atoms with Crippen molar-refractivity contribution < 1.29 is 5.11 Å². The van der Waals surface area contributed by atoms with Crippen LogP contribution in [-0.4, -0.2) is 31.2 Å². The molecule has 4 rings (SSSR count). The minimum atomic E-state index is -0.699. The maximum absolute atomic E-state index is 13.2. The lowest BCUT2D eigenvalue weighted by Crippen LogP contribution is -2.43. The molecule has 3 heterocycles. The zero-order valence-electron chi connectivity index (χ0n) is 17.0. The van der Waals surface area contributed by atoms with Gasteiger partial charge in [-0.25, -0.2) is 9.59 Å². The molecule has 0 unspecified atom stereocenters. The Morgan fingerprint density at radius 2 is 1.74 bits per heavy atom. The number of anilines is 3. The molecule has 0 amide bonds. The Labute approximate surface area is 175 Å². The third-order valence-corrected chi connectivity index (χ3v) is 5.43. The molecule has 2 aromatic heterocycles. The molecule has 0 bridgehead atoms. The summed E-state index contributed by atoms with van der Waals surface area (Å²) in [6.45, 7) is 2.11. The lowest BCUT2D eigenvalue weighted by atomic mass is 10.0. The van der Waals surface area contributed by atoms with E-state index in [1.807, 2.05) is 6.92 Å². The molecule has 4 N–H and O–H groups in total. The molecule has 10 heteroatoms. The van der Waals surface area contributed by atoms with Gasteiger partial charge in [0.2, 0.25) is 0 Å². The van der Waals surface area contributed by atoms with Gasteiger partial charge in [-0.3, -0.25) is 34.0 Å². The molecule has 0 aliphatic carbocycles. The van der Waals surface area contributed by atoms with Crippen molar-refractivity contribution in [1.29, 1.82) is 0 Å². The summed E-state index contributed by atoms with van der Waals surface area (Å²) < 4.78 is 1.14. The minimum Gasteiger partial charge on any atom is -0.396 e. The maximum Gasteiger partial charge on any atom is 0.329 e. The molecule has 10 nitrogen and oxygen atoms in total. The van der Waals surface area contributed by atoms with Crippen LogP contribution < -0.4 is 27.4 Å². The SMILES string of the molecule is CCCCn1c(=O)[nH]c2c(c1=O)Cc1c([nH]c(=O)[nH]c1=O)N2c1ccccc1CCO. The molecule has 162 valence electrons. The number of para-hydroxylation sites is 1. The summed E-state index contributed by atoms with van der Waals surface area (Å²) in [7, 11) is 0. The van der Waals surface area contributed by atoms with E-state index in [9.17, 15) is 24.3 Å². The van der Waals surface area contributed by atoms with Crippen molar-refractivity contribution in [2.24, 2.45) is 0 Å². The van der Waals surface area contributed by atoms with Crippen LogP contribution in [0.15, 0.2) is 43.4 Å². The number of hydrogen-bond donors (Lipinski definition) is 4. The summed E-state index contributed by atoms with van der Waals surface area (Å²) in [4.78, 5) is 59.7. The minimum absolute atomic E-state index is 0.0306. The quantitative estimate of drug-likeness (QED) is 0.357. The van der Waals surface area contributed by atoms with Crippen LogP contribution in [0.5, 0.6) is 0 Å². The van der Waals surface area contributed by atoms with Crippen molar-refractivity contribution in [3.8, 4) is 0 Å². The molecule has 3 aromatic rings. The van der Waals surface area contributed by atoms with Crippen LogP contribution in [0.2, 0.25) is 0 Å². The molecule has 1 aromatic carbocycles. The number of aliphatic hydroxyl groups excluding tert-OH is 1. The zero-order valence-corrected chi connectivity index (χ0v) is 17.0. The van der Waals surface area contributed by atoms with Crippen LogP contribution in [0.4, 0.5) is 17.3 Å². The van der Waals surface area contributed by atoms with Crippen molar-refractivity contribution in [2.75, 3.05) is 11.5 Å². The predicted octanol–water partition coefficient (Wildman–Crippen LogP) is 0.622. The Balaban J connectivity index is 2.05. The average molecular weight is 425 g/mol. The molecule has 0 fully saturated rings. The van der Waals surface area contributed by atoms with Crippen LogP contribution >= 0.6 is 0 Å². The van der Waals surface area contributed by atoms with Gasteiger partial charge in [0.15, 0.2) is 0 Å². The second-order valence-electron chi connectivity index (χ2n) is 7.42. The second kappa shape index (κ2) is 8.23. The number of unbranched alkanes of at least 4 members (excludes halogenated alkanes) is 1. The molecular formula is C21H23N5O5. The fraction of sp³-hybridized carbons (Fsp3) is 0.333. The molecule has 0 spiro atoms. The number of hydrogen-bond acceptors (Lipinski definition) is 6. The van der Waals surface area contributed by atoms with Crippen LogP contribution in [-0.2, 0) is 19.4 Å². The zero-order chi connectivity index (χ0) is 22.1. The van der Waals surface area contributed by atoms with Gasteiger partial charge in [-0.05, 0) is 24.5 Å². The highest BCUT2D eigenvalue weighted by Gasteiger charge is 2.32. The van der Waals surface area contributed by atoms with Gasteiger partial charge in [-0.15, -0.1) is 0 Å². The highest BCUT2D eigenvalue weighted by Crippen LogP contribution is 2.39. The lowest BCUT2D eigenvalue weighted by Gasteiger charge is -2.32. The van der Waals surface area contributed by atoms with Gasteiger partial charge >= 0.3 is 11.4 Å². The summed E-state index contributed by atoms with van der Waals surface area (Å²) in [5.74, 6) is 0.398. The van der Waals surface area contributed by atoms with E-state index in [0.717, 1.165) is 16.6 Å². The Hall–Kier alpha value is -3.66. The van der Waals surface area contributed by atoms with Gasteiger partial charge in [-0.2, -0.15) is 0 Å². The van der Waals surface area contributed by atoms with Gasteiger partial charge < -0.3 is 5.11 Å². The van der Waals surface area contributed by atoms with E-state index in [4.69, 9.17) is 0 Å². The van der Waals surface area contributed by atoms with E-state index in [2.05, 4.69) is 15.0 Å². The first-order valence-corrected chi connectivity index (χ1v) is 10.2. The number of rotatable bonds is 6. The molecular weight excluding hydrogens is 402 g/mol. The van der Waals surface area contributed by atoms with Crippen LogP contribution in [0.3, 0.4) is 0 Å². The van der Waals surface area contributed by atoms with Crippen LogP contribution in [0.25, 0.3) is 0 Å². The number of aliphatic hydroxyl groups is 1. The normalized spacial score (nSPS) is 12.5. The van der Waals surface area contributed by atoms with Crippen LogP contribution in [0, 0.1) is 0 Å². The molecule has 1 aliphatic rings. The van der Waals surface area contributed by atoms with Gasteiger partial charge in [-0.1, -0.05) is 31.5 Å². The van der Waals surface area contributed by atoms with E-state index in [1.165, 1.54) is 4.90 Å². The number of nitrogens with one attached hydrogen (secondary N) is 3. The van der Waals surface area contributed by atoms with Crippen molar-refractivity contribution in [3.63, 3.8) is 0 Å². The Bertz CT molecular complexity index is 1360. The number of fused-ring (bicyclic) bond motifs is 2. The number of aromatic amines is 3. The van der Waals surface area contributed by atoms with Crippen LogP contribution in [0.1, 0.15) is 36.5 Å². The Morgan fingerprint density at radius 3 is 2.48 bits per heavy atom.